The fraction of sp³-hybridized carbons (Fsp3) is 0.571. The molecule has 0 radical (unpaired) electrons. The molecule has 1 rings (SSSR count). The molecule has 0 aromatic rings. The van der Waals surface area contributed by atoms with Crippen molar-refractivity contribution in [3.8, 4) is 0 Å². The molecule has 0 aliphatic carbocycles. The number of nitrogens with zero attached hydrogens (tertiary/aromatic N) is 1. The molecule has 1 aliphatic rings. The van der Waals surface area contributed by atoms with Gasteiger partial charge in [-0.2, -0.15) is 0 Å². The maximum atomic E-state index is 11.2. The molecular weight excluding hydrogens is 194 g/mol. The first kappa shape index (κ1) is 10.0. The van der Waals surface area contributed by atoms with Crippen LogP contribution in [-0.4, -0.2) is 40.9 Å². The Kier molecular flexibility index (Phi) is 2.92. The van der Waals surface area contributed by atoms with Crippen LogP contribution in [0.25, 0.3) is 0 Å². The van der Waals surface area contributed by atoms with E-state index in [1.807, 2.05) is 0 Å². The predicted octanol–water partition coefficient (Wildman–Crippen LogP) is 0.243. The Hall–Kier alpha value is -1.04. The summed E-state index contributed by atoms with van der Waals surface area (Å²) in [6, 6.07) is 0. The van der Waals surface area contributed by atoms with Gasteiger partial charge in [0.15, 0.2) is 5.25 Å². The van der Waals surface area contributed by atoms with Crippen molar-refractivity contribution in [2.45, 2.75) is 12.2 Å². The Labute approximate surface area is 79.4 Å². The molecule has 1 heterocycles. The Morgan fingerprint density at radius 2 is 2.23 bits per heavy atom. The van der Waals surface area contributed by atoms with E-state index in [4.69, 9.17) is 0 Å². The third-order valence-electron chi connectivity index (χ3n) is 1.55. The van der Waals surface area contributed by atoms with Crippen LogP contribution < -0.4 is 0 Å². The molecule has 2 amide bonds. The van der Waals surface area contributed by atoms with E-state index in [9.17, 15) is 14.4 Å². The maximum Gasteiger partial charge on any atom is 0.329 e. The van der Waals surface area contributed by atoms with E-state index in [1.54, 1.807) is 6.92 Å². The van der Waals surface area contributed by atoms with Crippen molar-refractivity contribution >= 4 is 28.9 Å². The average molecular weight is 203 g/mol. The second-order valence-electron chi connectivity index (χ2n) is 2.41. The summed E-state index contributed by atoms with van der Waals surface area (Å²) >= 11 is 0.693. The third kappa shape index (κ3) is 1.82. The van der Waals surface area contributed by atoms with Gasteiger partial charge in [0.25, 0.3) is 11.1 Å². The molecule has 13 heavy (non-hydrogen) atoms. The minimum atomic E-state index is -1.00. The van der Waals surface area contributed by atoms with Crippen LogP contribution in [0.1, 0.15) is 6.92 Å². The second kappa shape index (κ2) is 3.78. The molecule has 72 valence electrons. The number of ether oxygens (including phenoxy) is 1. The molecule has 0 N–H and O–H groups in total. The molecule has 0 bridgehead atoms. The highest BCUT2D eigenvalue weighted by molar-refractivity contribution is 8.15. The number of carbonyl (C=O) groups excluding carboxylic acids is 3. The average Bonchev–Trinajstić information content (AvgIpc) is 2.33. The van der Waals surface area contributed by atoms with E-state index in [0.717, 1.165) is 4.90 Å². The van der Waals surface area contributed by atoms with Gasteiger partial charge in [-0.05, 0) is 18.7 Å². The van der Waals surface area contributed by atoms with Crippen LogP contribution in [0.2, 0.25) is 0 Å². The zero-order valence-electron chi connectivity index (χ0n) is 7.27. The molecule has 1 aliphatic heterocycles. The highest BCUT2D eigenvalue weighted by atomic mass is 32.2. The quantitative estimate of drug-likeness (QED) is 0.475. The minimum Gasteiger partial charge on any atom is -0.465 e. The van der Waals surface area contributed by atoms with Gasteiger partial charge in [-0.3, -0.25) is 19.3 Å². The van der Waals surface area contributed by atoms with E-state index in [2.05, 4.69) is 4.74 Å². The summed E-state index contributed by atoms with van der Waals surface area (Å²) in [5.74, 6) is -1.15. The van der Waals surface area contributed by atoms with E-state index in [0.29, 0.717) is 11.8 Å². The molecule has 1 atom stereocenters. The molecule has 0 spiro atoms. The third-order valence-corrected chi connectivity index (χ3v) is 2.65. The molecule has 1 fully saturated rings. The summed E-state index contributed by atoms with van der Waals surface area (Å²) in [6.45, 7) is 1.86. The minimum absolute atomic E-state index is 0.209. The zero-order valence-corrected chi connectivity index (χ0v) is 8.09. The van der Waals surface area contributed by atoms with Gasteiger partial charge in [0.05, 0.1) is 6.61 Å². The maximum absolute atomic E-state index is 11.2. The van der Waals surface area contributed by atoms with Gasteiger partial charge in [-0.15, -0.1) is 0 Å². The first-order valence-corrected chi connectivity index (χ1v) is 4.60. The first-order valence-electron chi connectivity index (χ1n) is 3.72. The number of amides is 2. The lowest BCUT2D eigenvalue weighted by Gasteiger charge is -2.05. The summed E-state index contributed by atoms with van der Waals surface area (Å²) in [5, 5.41) is -1.42. The SMILES string of the molecule is CCOC(=O)C1SC(=O)N(C)C1=O. The van der Waals surface area contributed by atoms with Crippen molar-refractivity contribution in [1.29, 1.82) is 0 Å². The number of rotatable bonds is 2. The van der Waals surface area contributed by atoms with Crippen molar-refractivity contribution < 1.29 is 19.1 Å². The molecule has 0 aromatic carbocycles. The van der Waals surface area contributed by atoms with Gasteiger partial charge in [-0.25, -0.2) is 0 Å². The van der Waals surface area contributed by atoms with Crippen molar-refractivity contribution in [2.75, 3.05) is 13.7 Å². The normalized spacial score (nSPS) is 22.3. The van der Waals surface area contributed by atoms with Crippen LogP contribution in [0.4, 0.5) is 4.79 Å². The smallest absolute Gasteiger partial charge is 0.329 e. The fourth-order valence-corrected chi connectivity index (χ4v) is 1.74. The van der Waals surface area contributed by atoms with Crippen molar-refractivity contribution in [3.63, 3.8) is 0 Å². The highest BCUT2D eigenvalue weighted by Crippen LogP contribution is 2.26. The van der Waals surface area contributed by atoms with Crippen molar-refractivity contribution in [2.24, 2.45) is 0 Å². The highest BCUT2D eigenvalue weighted by Gasteiger charge is 2.42. The van der Waals surface area contributed by atoms with E-state index < -0.39 is 22.4 Å². The number of imide groups is 1. The van der Waals surface area contributed by atoms with Crippen LogP contribution in [0, 0.1) is 0 Å². The lowest BCUT2D eigenvalue weighted by atomic mass is 10.4. The monoisotopic (exact) mass is 203 g/mol. The molecule has 1 saturated heterocycles. The molecule has 5 nitrogen and oxygen atoms in total. The standard InChI is InChI=1S/C7H9NO4S/c1-3-12-6(10)4-5(9)8(2)7(11)13-4/h4H,3H2,1-2H3. The van der Waals surface area contributed by atoms with Crippen molar-refractivity contribution in [1.82, 2.24) is 4.90 Å². The number of hydrogen-bond acceptors (Lipinski definition) is 5. The van der Waals surface area contributed by atoms with Crippen LogP contribution >= 0.6 is 11.8 Å². The molecule has 0 aromatic heterocycles. The summed E-state index contributed by atoms with van der Waals surface area (Å²) in [6.07, 6.45) is 0. The summed E-state index contributed by atoms with van der Waals surface area (Å²) in [5.41, 5.74) is 0. The molecular formula is C7H9NO4S. The lowest BCUT2D eigenvalue weighted by molar-refractivity contribution is -0.146. The zero-order chi connectivity index (χ0) is 10.0. The topological polar surface area (TPSA) is 63.7 Å². The lowest BCUT2D eigenvalue weighted by Crippen LogP contribution is -2.32. The number of hydrogen-bond donors (Lipinski definition) is 0. The largest absolute Gasteiger partial charge is 0.465 e. The second-order valence-corrected chi connectivity index (χ2v) is 3.47. The van der Waals surface area contributed by atoms with E-state index >= 15 is 0 Å². The van der Waals surface area contributed by atoms with Crippen LogP contribution in [0.15, 0.2) is 0 Å². The van der Waals surface area contributed by atoms with Crippen LogP contribution in [0.3, 0.4) is 0 Å². The number of thioether (sulfide) groups is 1. The van der Waals surface area contributed by atoms with Gasteiger partial charge in [0.1, 0.15) is 0 Å². The Morgan fingerprint density at radius 1 is 1.62 bits per heavy atom. The van der Waals surface area contributed by atoms with Gasteiger partial charge < -0.3 is 4.74 Å². The summed E-state index contributed by atoms with van der Waals surface area (Å²) in [4.78, 5) is 34.2. The Morgan fingerprint density at radius 3 is 2.62 bits per heavy atom. The molecule has 1 unspecified atom stereocenters. The number of carbonyl (C=O) groups is 3. The van der Waals surface area contributed by atoms with Crippen molar-refractivity contribution in [3.05, 3.63) is 0 Å². The van der Waals surface area contributed by atoms with E-state index in [1.165, 1.54) is 7.05 Å². The first-order chi connectivity index (χ1) is 6.07. The summed E-state index contributed by atoms with van der Waals surface area (Å²) in [7, 11) is 1.34. The summed E-state index contributed by atoms with van der Waals surface area (Å²) < 4.78 is 4.63. The van der Waals surface area contributed by atoms with Gasteiger partial charge >= 0.3 is 5.97 Å². The van der Waals surface area contributed by atoms with Crippen LogP contribution in [-0.2, 0) is 14.3 Å². The van der Waals surface area contributed by atoms with Crippen LogP contribution in [0.5, 0.6) is 0 Å². The molecule has 6 heteroatoms. The van der Waals surface area contributed by atoms with E-state index in [-0.39, 0.29) is 6.61 Å². The number of esters is 1. The predicted molar refractivity (Wildman–Crippen MR) is 46.2 cm³/mol. The van der Waals surface area contributed by atoms with Gasteiger partial charge in [0, 0.05) is 7.05 Å². The Balaban J connectivity index is 2.68. The Bertz CT molecular complexity index is 265. The van der Waals surface area contributed by atoms with Gasteiger partial charge in [-0.1, -0.05) is 0 Å². The fourth-order valence-electron chi connectivity index (χ4n) is 0.863. The molecule has 0 saturated carbocycles. The van der Waals surface area contributed by atoms with Gasteiger partial charge in [0.2, 0.25) is 0 Å².